The molecule has 37 heavy (non-hydrogen) atoms. The molecule has 2 amide bonds. The number of amides is 2. The van der Waals surface area contributed by atoms with Gasteiger partial charge in [-0.2, -0.15) is 0 Å². The molecule has 0 unspecified atom stereocenters. The molecule has 1 aliphatic rings. The Labute approximate surface area is 227 Å². The van der Waals surface area contributed by atoms with Gasteiger partial charge in [-0.25, -0.2) is 4.98 Å². The predicted octanol–water partition coefficient (Wildman–Crippen LogP) is 4.98. The van der Waals surface area contributed by atoms with Gasteiger partial charge in [0.2, 0.25) is 5.91 Å². The lowest BCUT2D eigenvalue weighted by Gasteiger charge is -2.30. The van der Waals surface area contributed by atoms with Crippen molar-refractivity contribution in [3.05, 3.63) is 75.2 Å². The number of carbonyl (C=O) groups excluding carboxylic acids is 2. The number of likely N-dealkylation sites (tertiary alicyclic amines) is 1. The standard InChI is InChI=1S/C26H25ClN6O2S2/c1-16-6-8-18(9-7-16)33-24(19-4-2-3-5-20(19)27)30-31-26(33)37-15-22-29-21(14-36-22)25(35)32-12-10-17(11-13-32)23(28)34/h2-9,14,17H,10-13,15H2,1H3,(H2,28,34). The van der Waals surface area contributed by atoms with Crippen molar-refractivity contribution in [2.75, 3.05) is 13.1 Å². The fraction of sp³-hybridized carbons (Fsp3) is 0.269. The van der Waals surface area contributed by atoms with Crippen LogP contribution >= 0.6 is 34.7 Å². The maximum atomic E-state index is 12.9. The molecule has 0 aliphatic carbocycles. The van der Waals surface area contributed by atoms with E-state index < -0.39 is 0 Å². The highest BCUT2D eigenvalue weighted by Crippen LogP contribution is 2.33. The Morgan fingerprint density at radius 3 is 2.54 bits per heavy atom. The molecule has 5 rings (SSSR count). The molecule has 3 heterocycles. The molecule has 11 heteroatoms. The molecule has 4 aromatic rings. The van der Waals surface area contributed by atoms with Crippen molar-refractivity contribution >= 4 is 46.5 Å². The molecule has 1 aliphatic heterocycles. The second-order valence-electron chi connectivity index (χ2n) is 8.84. The van der Waals surface area contributed by atoms with Gasteiger partial charge in [0, 0.05) is 35.6 Å². The molecule has 0 saturated carbocycles. The third kappa shape index (κ3) is 5.56. The topological polar surface area (TPSA) is 107 Å². The highest BCUT2D eigenvalue weighted by Gasteiger charge is 2.27. The summed E-state index contributed by atoms with van der Waals surface area (Å²) < 4.78 is 1.99. The fourth-order valence-electron chi connectivity index (χ4n) is 4.24. The summed E-state index contributed by atoms with van der Waals surface area (Å²) in [5.74, 6) is 0.628. The third-order valence-corrected chi connectivity index (χ3v) is 8.62. The smallest absolute Gasteiger partial charge is 0.273 e. The minimum Gasteiger partial charge on any atom is -0.369 e. The van der Waals surface area contributed by atoms with Crippen LogP contribution in [0.4, 0.5) is 0 Å². The highest BCUT2D eigenvalue weighted by atomic mass is 35.5. The van der Waals surface area contributed by atoms with Gasteiger partial charge < -0.3 is 10.6 Å². The summed E-state index contributed by atoms with van der Waals surface area (Å²) in [6, 6.07) is 15.7. The second-order valence-corrected chi connectivity index (χ2v) is 11.1. The van der Waals surface area contributed by atoms with Crippen molar-refractivity contribution in [3.63, 3.8) is 0 Å². The van der Waals surface area contributed by atoms with Gasteiger partial charge in [-0.05, 0) is 44.0 Å². The Bertz CT molecular complexity index is 1430. The lowest BCUT2D eigenvalue weighted by Crippen LogP contribution is -2.41. The number of thiazole rings is 1. The number of aromatic nitrogens is 4. The Hall–Kier alpha value is -3.21. The van der Waals surface area contributed by atoms with Crippen LogP contribution in [0.5, 0.6) is 0 Å². The molecule has 1 fully saturated rings. The summed E-state index contributed by atoms with van der Waals surface area (Å²) in [4.78, 5) is 30.7. The Kier molecular flexibility index (Phi) is 7.59. The van der Waals surface area contributed by atoms with Crippen LogP contribution in [0.1, 0.15) is 33.9 Å². The summed E-state index contributed by atoms with van der Waals surface area (Å²) in [5, 5.41) is 12.8. The average molecular weight is 553 g/mol. The van der Waals surface area contributed by atoms with E-state index >= 15 is 0 Å². The lowest BCUT2D eigenvalue weighted by molar-refractivity contribution is -0.123. The van der Waals surface area contributed by atoms with Gasteiger partial charge in [-0.1, -0.05) is 53.2 Å². The van der Waals surface area contributed by atoms with E-state index in [2.05, 4.69) is 15.2 Å². The van der Waals surface area contributed by atoms with Crippen molar-refractivity contribution in [1.82, 2.24) is 24.6 Å². The number of halogens is 1. The molecule has 0 bridgehead atoms. The Balaban J connectivity index is 1.34. The molecule has 0 spiro atoms. The molecule has 2 aromatic carbocycles. The number of piperidine rings is 1. The number of rotatable bonds is 7. The third-order valence-electron chi connectivity index (χ3n) is 6.32. The number of benzene rings is 2. The van der Waals surface area contributed by atoms with Crippen molar-refractivity contribution in [3.8, 4) is 17.1 Å². The van der Waals surface area contributed by atoms with E-state index in [9.17, 15) is 9.59 Å². The summed E-state index contributed by atoms with van der Waals surface area (Å²) in [6.07, 6.45) is 1.19. The van der Waals surface area contributed by atoms with Gasteiger partial charge in [0.15, 0.2) is 11.0 Å². The number of aryl methyl sites for hydroxylation is 1. The quantitative estimate of drug-likeness (QED) is 0.324. The van der Waals surface area contributed by atoms with Crippen molar-refractivity contribution in [2.45, 2.75) is 30.7 Å². The summed E-state index contributed by atoms with van der Waals surface area (Å²) in [7, 11) is 0. The summed E-state index contributed by atoms with van der Waals surface area (Å²) >= 11 is 9.44. The highest BCUT2D eigenvalue weighted by molar-refractivity contribution is 7.98. The first kappa shape index (κ1) is 25.4. The second kappa shape index (κ2) is 11.0. The normalized spacial score (nSPS) is 14.2. The zero-order valence-electron chi connectivity index (χ0n) is 20.1. The maximum absolute atomic E-state index is 12.9. The van der Waals surface area contributed by atoms with E-state index in [1.165, 1.54) is 23.1 Å². The molecule has 0 atom stereocenters. The lowest BCUT2D eigenvalue weighted by atomic mass is 9.96. The van der Waals surface area contributed by atoms with E-state index in [0.717, 1.165) is 21.8 Å². The van der Waals surface area contributed by atoms with E-state index in [1.54, 1.807) is 10.3 Å². The van der Waals surface area contributed by atoms with E-state index in [1.807, 2.05) is 60.0 Å². The molecule has 8 nitrogen and oxygen atoms in total. The minimum absolute atomic E-state index is 0.112. The largest absolute Gasteiger partial charge is 0.369 e. The number of nitrogens with zero attached hydrogens (tertiary/aromatic N) is 5. The summed E-state index contributed by atoms with van der Waals surface area (Å²) in [6.45, 7) is 3.07. The van der Waals surface area contributed by atoms with Crippen LogP contribution in [0.2, 0.25) is 5.02 Å². The Morgan fingerprint density at radius 1 is 1.11 bits per heavy atom. The number of thioether (sulfide) groups is 1. The van der Waals surface area contributed by atoms with Crippen molar-refractivity contribution in [2.24, 2.45) is 11.7 Å². The molecule has 0 radical (unpaired) electrons. The van der Waals surface area contributed by atoms with Gasteiger partial charge in [0.1, 0.15) is 10.7 Å². The number of hydrogen-bond acceptors (Lipinski definition) is 7. The van der Waals surface area contributed by atoms with Crippen LogP contribution in [0.25, 0.3) is 17.1 Å². The van der Waals surface area contributed by atoms with Crippen LogP contribution < -0.4 is 5.73 Å². The number of nitrogens with two attached hydrogens (primary N) is 1. The van der Waals surface area contributed by atoms with E-state index in [4.69, 9.17) is 17.3 Å². The van der Waals surface area contributed by atoms with E-state index in [-0.39, 0.29) is 17.7 Å². The first-order valence-electron chi connectivity index (χ1n) is 11.8. The van der Waals surface area contributed by atoms with Crippen LogP contribution in [0.3, 0.4) is 0 Å². The monoisotopic (exact) mass is 552 g/mol. The van der Waals surface area contributed by atoms with Gasteiger partial charge in [0.05, 0.1) is 10.8 Å². The molecule has 2 N–H and O–H groups in total. The van der Waals surface area contributed by atoms with Crippen LogP contribution in [0.15, 0.2) is 59.1 Å². The molecule has 1 saturated heterocycles. The van der Waals surface area contributed by atoms with Gasteiger partial charge >= 0.3 is 0 Å². The zero-order chi connectivity index (χ0) is 25.9. The average Bonchev–Trinajstić information content (AvgIpc) is 3.55. The predicted molar refractivity (Wildman–Crippen MR) is 146 cm³/mol. The SMILES string of the molecule is Cc1ccc(-n2c(SCc3nc(C(=O)N4CCC(C(N)=O)CC4)cs3)nnc2-c2ccccc2Cl)cc1. The van der Waals surface area contributed by atoms with Gasteiger partial charge in [0.25, 0.3) is 5.91 Å². The molecular weight excluding hydrogens is 528 g/mol. The van der Waals surface area contributed by atoms with Gasteiger partial charge in [-0.3, -0.25) is 14.2 Å². The first-order chi connectivity index (χ1) is 17.9. The number of primary amides is 1. The van der Waals surface area contributed by atoms with E-state index in [0.29, 0.717) is 53.4 Å². The van der Waals surface area contributed by atoms with Crippen LogP contribution in [-0.4, -0.2) is 49.6 Å². The number of carbonyl (C=O) groups is 2. The zero-order valence-corrected chi connectivity index (χ0v) is 22.5. The molecule has 190 valence electrons. The summed E-state index contributed by atoms with van der Waals surface area (Å²) in [5.41, 5.74) is 8.72. The molecular formula is C26H25ClN6O2S2. The first-order valence-corrected chi connectivity index (χ1v) is 14.1. The number of hydrogen-bond donors (Lipinski definition) is 1. The van der Waals surface area contributed by atoms with Crippen molar-refractivity contribution in [1.29, 1.82) is 0 Å². The Morgan fingerprint density at radius 2 is 1.84 bits per heavy atom. The van der Waals surface area contributed by atoms with Crippen molar-refractivity contribution < 1.29 is 9.59 Å². The fourth-order valence-corrected chi connectivity index (χ4v) is 6.20. The maximum Gasteiger partial charge on any atom is 0.273 e. The van der Waals surface area contributed by atoms with Gasteiger partial charge in [-0.15, -0.1) is 21.5 Å². The van der Waals surface area contributed by atoms with Crippen LogP contribution in [-0.2, 0) is 10.5 Å². The minimum atomic E-state index is -0.295. The molecule has 2 aromatic heterocycles. The van der Waals surface area contributed by atoms with Crippen LogP contribution in [0, 0.1) is 12.8 Å².